The van der Waals surface area contributed by atoms with E-state index in [0.717, 1.165) is 43.8 Å². The van der Waals surface area contributed by atoms with Crippen LogP contribution in [0.15, 0.2) is 0 Å². The predicted octanol–water partition coefficient (Wildman–Crippen LogP) is 1.30. The highest BCUT2D eigenvalue weighted by atomic mass is 32.2. The van der Waals surface area contributed by atoms with Gasteiger partial charge in [-0.05, 0) is 26.3 Å². The van der Waals surface area contributed by atoms with Crippen molar-refractivity contribution in [3.05, 3.63) is 0 Å². The Morgan fingerprint density at radius 1 is 1.60 bits per heavy atom. The van der Waals surface area contributed by atoms with Gasteiger partial charge in [-0.2, -0.15) is 0 Å². The zero-order valence-corrected chi connectivity index (χ0v) is 10.6. The molecule has 0 bridgehead atoms. The molecule has 3 nitrogen and oxygen atoms in total. The maximum Gasteiger partial charge on any atom is 0.0691 e. The standard InChI is InChI=1S/C11H23NO2S/c1-3-5-10(12-2)8-15(13)9-11-6-4-7-14-11/h10-12H,3-9H2,1-2H3. The molecule has 90 valence electrons. The molecule has 0 aromatic heterocycles. The molecule has 1 fully saturated rings. The Hall–Kier alpha value is 0.0700. The van der Waals surface area contributed by atoms with Crippen molar-refractivity contribution in [1.82, 2.24) is 5.32 Å². The molecular formula is C11H23NO2S. The number of nitrogens with one attached hydrogen (secondary N) is 1. The van der Waals surface area contributed by atoms with Crippen molar-refractivity contribution >= 4 is 10.8 Å². The van der Waals surface area contributed by atoms with E-state index in [1.165, 1.54) is 0 Å². The Labute approximate surface area is 95.4 Å². The second kappa shape index (κ2) is 7.36. The zero-order chi connectivity index (χ0) is 11.1. The fourth-order valence-corrected chi connectivity index (χ4v) is 3.53. The molecule has 1 saturated heterocycles. The topological polar surface area (TPSA) is 38.3 Å². The third-order valence-corrected chi connectivity index (χ3v) is 4.35. The van der Waals surface area contributed by atoms with Gasteiger partial charge in [0.2, 0.25) is 0 Å². The summed E-state index contributed by atoms with van der Waals surface area (Å²) in [4.78, 5) is 0. The average Bonchev–Trinajstić information content (AvgIpc) is 2.69. The van der Waals surface area contributed by atoms with Gasteiger partial charge in [-0.1, -0.05) is 13.3 Å². The SMILES string of the molecule is CCCC(CS(=O)CC1CCCO1)NC. The first kappa shape index (κ1) is 13.1. The number of hydrogen-bond donors (Lipinski definition) is 1. The molecule has 1 rings (SSSR count). The lowest BCUT2D eigenvalue weighted by Crippen LogP contribution is -2.33. The number of ether oxygens (including phenoxy) is 1. The van der Waals surface area contributed by atoms with Crippen LogP contribution in [-0.4, -0.2) is 41.5 Å². The highest BCUT2D eigenvalue weighted by Crippen LogP contribution is 2.13. The van der Waals surface area contributed by atoms with Crippen molar-refractivity contribution in [1.29, 1.82) is 0 Å². The van der Waals surface area contributed by atoms with Crippen LogP contribution in [0.25, 0.3) is 0 Å². The van der Waals surface area contributed by atoms with Crippen LogP contribution in [0.4, 0.5) is 0 Å². The summed E-state index contributed by atoms with van der Waals surface area (Å²) >= 11 is 0. The third kappa shape index (κ3) is 5.09. The van der Waals surface area contributed by atoms with Crippen LogP contribution in [0.1, 0.15) is 32.6 Å². The Morgan fingerprint density at radius 3 is 2.93 bits per heavy atom. The van der Waals surface area contributed by atoms with Crippen LogP contribution in [0.5, 0.6) is 0 Å². The lowest BCUT2D eigenvalue weighted by atomic mass is 10.2. The second-order valence-electron chi connectivity index (χ2n) is 4.18. The molecule has 0 aliphatic carbocycles. The van der Waals surface area contributed by atoms with E-state index in [1.54, 1.807) is 0 Å². The minimum Gasteiger partial charge on any atom is -0.377 e. The first-order chi connectivity index (χ1) is 7.26. The molecule has 0 aromatic rings. The summed E-state index contributed by atoms with van der Waals surface area (Å²) in [6.07, 6.45) is 4.72. The summed E-state index contributed by atoms with van der Waals surface area (Å²) in [5, 5.41) is 3.22. The first-order valence-corrected chi connectivity index (χ1v) is 7.39. The van der Waals surface area contributed by atoms with E-state index >= 15 is 0 Å². The maximum absolute atomic E-state index is 11.8. The zero-order valence-electron chi connectivity index (χ0n) is 9.83. The van der Waals surface area contributed by atoms with Crippen LogP contribution in [0, 0.1) is 0 Å². The van der Waals surface area contributed by atoms with Gasteiger partial charge in [-0.15, -0.1) is 0 Å². The fourth-order valence-electron chi connectivity index (χ4n) is 1.94. The van der Waals surface area contributed by atoms with E-state index in [1.807, 2.05) is 7.05 Å². The number of rotatable bonds is 7. The van der Waals surface area contributed by atoms with E-state index in [-0.39, 0.29) is 6.10 Å². The van der Waals surface area contributed by atoms with Gasteiger partial charge in [0.05, 0.1) is 6.10 Å². The lowest BCUT2D eigenvalue weighted by molar-refractivity contribution is 0.128. The van der Waals surface area contributed by atoms with Gasteiger partial charge in [-0.25, -0.2) is 0 Å². The second-order valence-corrected chi connectivity index (χ2v) is 5.73. The molecule has 1 N–H and O–H groups in total. The number of hydrogen-bond acceptors (Lipinski definition) is 3. The molecule has 1 aliphatic rings. The van der Waals surface area contributed by atoms with Crippen LogP contribution in [0.3, 0.4) is 0 Å². The van der Waals surface area contributed by atoms with Gasteiger partial charge >= 0.3 is 0 Å². The summed E-state index contributed by atoms with van der Waals surface area (Å²) in [5.41, 5.74) is 0. The summed E-state index contributed by atoms with van der Waals surface area (Å²) in [5.74, 6) is 1.49. The Balaban J connectivity index is 2.20. The summed E-state index contributed by atoms with van der Waals surface area (Å²) in [7, 11) is 1.22. The van der Waals surface area contributed by atoms with Crippen molar-refractivity contribution in [3.63, 3.8) is 0 Å². The monoisotopic (exact) mass is 233 g/mol. The van der Waals surface area contributed by atoms with Gasteiger partial charge in [-0.3, -0.25) is 4.21 Å². The molecule has 1 aliphatic heterocycles. The molecule has 3 unspecified atom stereocenters. The van der Waals surface area contributed by atoms with E-state index in [4.69, 9.17) is 4.74 Å². The van der Waals surface area contributed by atoms with Gasteiger partial charge in [0.15, 0.2) is 0 Å². The van der Waals surface area contributed by atoms with Crippen LogP contribution in [-0.2, 0) is 15.5 Å². The fraction of sp³-hybridized carbons (Fsp3) is 1.00. The molecule has 1 heterocycles. The summed E-state index contributed by atoms with van der Waals surface area (Å²) in [6, 6.07) is 0.400. The molecule has 4 heteroatoms. The minimum absolute atomic E-state index is 0.255. The molecule has 15 heavy (non-hydrogen) atoms. The smallest absolute Gasteiger partial charge is 0.0691 e. The molecular weight excluding hydrogens is 210 g/mol. The van der Waals surface area contributed by atoms with Crippen LogP contribution < -0.4 is 5.32 Å². The lowest BCUT2D eigenvalue weighted by Gasteiger charge is -2.16. The third-order valence-electron chi connectivity index (χ3n) is 2.83. The molecule has 0 radical (unpaired) electrons. The minimum atomic E-state index is -0.729. The molecule has 3 atom stereocenters. The van der Waals surface area contributed by atoms with Crippen molar-refractivity contribution in [2.75, 3.05) is 25.2 Å². The highest BCUT2D eigenvalue weighted by Gasteiger charge is 2.19. The quantitative estimate of drug-likeness (QED) is 0.720. The van der Waals surface area contributed by atoms with E-state index in [0.29, 0.717) is 6.04 Å². The van der Waals surface area contributed by atoms with E-state index < -0.39 is 10.8 Å². The predicted molar refractivity (Wildman–Crippen MR) is 64.6 cm³/mol. The van der Waals surface area contributed by atoms with Crippen LogP contribution in [0.2, 0.25) is 0 Å². The van der Waals surface area contributed by atoms with Gasteiger partial charge in [0.25, 0.3) is 0 Å². The van der Waals surface area contributed by atoms with Crippen molar-refractivity contribution in [3.8, 4) is 0 Å². The molecule has 0 amide bonds. The average molecular weight is 233 g/mol. The van der Waals surface area contributed by atoms with Crippen molar-refractivity contribution in [2.45, 2.75) is 44.8 Å². The normalized spacial score (nSPS) is 25.3. The van der Waals surface area contributed by atoms with Crippen LogP contribution >= 0.6 is 0 Å². The van der Waals surface area contributed by atoms with Gasteiger partial charge in [0, 0.05) is 35.0 Å². The molecule has 0 saturated carbocycles. The van der Waals surface area contributed by atoms with Crippen molar-refractivity contribution in [2.24, 2.45) is 0 Å². The Bertz CT molecular complexity index is 193. The maximum atomic E-state index is 11.8. The van der Waals surface area contributed by atoms with Gasteiger partial charge < -0.3 is 10.1 Å². The summed E-state index contributed by atoms with van der Waals surface area (Å²) < 4.78 is 17.3. The van der Waals surface area contributed by atoms with E-state index in [2.05, 4.69) is 12.2 Å². The Kier molecular flexibility index (Phi) is 6.45. The van der Waals surface area contributed by atoms with Crippen molar-refractivity contribution < 1.29 is 8.95 Å². The van der Waals surface area contributed by atoms with Gasteiger partial charge in [0.1, 0.15) is 0 Å². The summed E-state index contributed by atoms with van der Waals surface area (Å²) in [6.45, 7) is 3.01. The first-order valence-electron chi connectivity index (χ1n) is 5.90. The highest BCUT2D eigenvalue weighted by molar-refractivity contribution is 7.85. The molecule has 0 spiro atoms. The molecule has 0 aromatic carbocycles. The van der Waals surface area contributed by atoms with E-state index in [9.17, 15) is 4.21 Å². The Morgan fingerprint density at radius 2 is 2.40 bits per heavy atom. The largest absolute Gasteiger partial charge is 0.377 e.